The van der Waals surface area contributed by atoms with E-state index in [1.807, 2.05) is 13.8 Å². The SMILES string of the molecule is CC(=O)c1ccc(NC(=O)O[C@@H](c2cc(Br)cc(Br)c2O)C(C)(C)CC/C=C/C(=O)O)cc1. The van der Waals surface area contributed by atoms with Gasteiger partial charge in [0.1, 0.15) is 11.9 Å². The van der Waals surface area contributed by atoms with Crippen molar-refractivity contribution >= 4 is 55.4 Å². The monoisotopic (exact) mass is 581 g/mol. The molecule has 1 atom stereocenters. The van der Waals surface area contributed by atoms with E-state index in [1.165, 1.54) is 13.0 Å². The molecule has 0 aliphatic heterocycles. The Morgan fingerprint density at radius 3 is 2.36 bits per heavy atom. The standard InChI is InChI=1S/C24H25Br2NO6/c1-14(28)15-7-9-17(10-8-15)27-23(32)33-22(18-12-16(25)13-19(26)21(18)31)24(2,3)11-5-4-6-20(29)30/h4,6-10,12-13,22,31H,5,11H2,1-3H3,(H,27,32)(H,29,30)/b6-4+/t22-/m0/s1. The minimum absolute atomic E-state index is 0.0593. The molecule has 0 saturated heterocycles. The summed E-state index contributed by atoms with van der Waals surface area (Å²) in [6.45, 7) is 5.20. The maximum absolute atomic E-state index is 12.8. The van der Waals surface area contributed by atoms with Crippen LogP contribution in [0.5, 0.6) is 5.75 Å². The Balaban J connectivity index is 2.31. The van der Waals surface area contributed by atoms with Crippen LogP contribution < -0.4 is 5.32 Å². The number of hydrogen-bond donors (Lipinski definition) is 3. The minimum atomic E-state index is -1.04. The van der Waals surface area contributed by atoms with Gasteiger partial charge in [-0.05, 0) is 72.1 Å². The summed E-state index contributed by atoms with van der Waals surface area (Å²) in [5.74, 6) is -1.18. The van der Waals surface area contributed by atoms with Crippen LogP contribution in [-0.2, 0) is 9.53 Å². The number of carboxylic acid groups (broad SMARTS) is 1. The Hall–Kier alpha value is -2.65. The van der Waals surface area contributed by atoms with Crippen molar-refractivity contribution in [1.82, 2.24) is 0 Å². The van der Waals surface area contributed by atoms with Crippen molar-refractivity contribution in [3.05, 3.63) is 68.6 Å². The van der Waals surface area contributed by atoms with Gasteiger partial charge in [0.05, 0.1) is 4.47 Å². The highest BCUT2D eigenvalue weighted by Crippen LogP contribution is 2.46. The number of rotatable bonds is 9. The van der Waals surface area contributed by atoms with E-state index in [1.54, 1.807) is 36.4 Å². The number of amides is 1. The number of carbonyl (C=O) groups is 3. The molecule has 1 amide bonds. The Morgan fingerprint density at radius 1 is 1.15 bits per heavy atom. The number of hydrogen-bond acceptors (Lipinski definition) is 5. The number of phenolic OH excluding ortho intramolecular Hbond substituents is 1. The fourth-order valence-electron chi connectivity index (χ4n) is 3.24. The second kappa shape index (κ2) is 11.5. The summed E-state index contributed by atoms with van der Waals surface area (Å²) in [6, 6.07) is 9.75. The molecule has 0 saturated carbocycles. The molecule has 3 N–H and O–H groups in total. The summed E-state index contributed by atoms with van der Waals surface area (Å²) in [5.41, 5.74) is 0.693. The predicted octanol–water partition coefficient (Wildman–Crippen LogP) is 6.86. The smallest absolute Gasteiger partial charge is 0.412 e. The Kier molecular flexibility index (Phi) is 9.25. The topological polar surface area (TPSA) is 113 Å². The number of Topliss-reactive ketones (excluding diaryl/α,β-unsaturated/α-hetero) is 1. The Bertz CT molecular complexity index is 1060. The first kappa shape index (κ1) is 26.6. The molecule has 0 heterocycles. The fraction of sp³-hybridized carbons (Fsp3) is 0.292. The van der Waals surface area contributed by atoms with Crippen LogP contribution in [0, 0.1) is 5.41 Å². The summed E-state index contributed by atoms with van der Waals surface area (Å²) >= 11 is 6.71. The third-order valence-corrected chi connectivity index (χ3v) is 6.09. The zero-order chi connectivity index (χ0) is 24.8. The largest absolute Gasteiger partial charge is 0.506 e. The number of phenols is 1. The molecule has 9 heteroatoms. The molecular weight excluding hydrogens is 558 g/mol. The number of ether oxygens (including phenoxy) is 1. The summed E-state index contributed by atoms with van der Waals surface area (Å²) in [5, 5.41) is 22.1. The lowest BCUT2D eigenvalue weighted by atomic mass is 9.78. The second-order valence-corrected chi connectivity index (χ2v) is 9.91. The highest BCUT2D eigenvalue weighted by molar-refractivity contribution is 9.11. The van der Waals surface area contributed by atoms with Gasteiger partial charge in [-0.1, -0.05) is 35.9 Å². The molecular formula is C24H25Br2NO6. The van der Waals surface area contributed by atoms with E-state index in [2.05, 4.69) is 37.2 Å². The summed E-state index contributed by atoms with van der Waals surface area (Å²) in [7, 11) is 0. The second-order valence-electron chi connectivity index (χ2n) is 8.14. The average molecular weight is 583 g/mol. The van der Waals surface area contributed by atoms with E-state index in [0.717, 1.165) is 6.08 Å². The van der Waals surface area contributed by atoms with Crippen molar-refractivity contribution in [2.24, 2.45) is 5.41 Å². The molecule has 2 aromatic rings. The van der Waals surface area contributed by atoms with Crippen molar-refractivity contribution in [1.29, 1.82) is 0 Å². The molecule has 0 aliphatic rings. The van der Waals surface area contributed by atoms with Gasteiger partial charge in [-0.2, -0.15) is 0 Å². The maximum atomic E-state index is 12.8. The van der Waals surface area contributed by atoms with Crippen molar-refractivity contribution in [3.8, 4) is 5.75 Å². The van der Waals surface area contributed by atoms with Crippen LogP contribution in [0.15, 0.2) is 57.5 Å². The van der Waals surface area contributed by atoms with Crippen LogP contribution in [0.4, 0.5) is 10.5 Å². The van der Waals surface area contributed by atoms with Crippen LogP contribution in [0.3, 0.4) is 0 Å². The quantitative estimate of drug-likeness (QED) is 0.220. The lowest BCUT2D eigenvalue weighted by molar-refractivity contribution is -0.131. The zero-order valence-corrected chi connectivity index (χ0v) is 21.6. The van der Waals surface area contributed by atoms with Gasteiger partial charge in [0, 0.05) is 32.8 Å². The van der Waals surface area contributed by atoms with Crippen molar-refractivity contribution in [2.75, 3.05) is 5.32 Å². The molecule has 2 aromatic carbocycles. The number of halogens is 2. The third kappa shape index (κ3) is 7.71. The molecule has 0 spiro atoms. The number of ketones is 1. The molecule has 0 fully saturated rings. The molecule has 7 nitrogen and oxygen atoms in total. The first-order valence-electron chi connectivity index (χ1n) is 10.1. The van der Waals surface area contributed by atoms with Gasteiger partial charge in [-0.15, -0.1) is 0 Å². The van der Waals surface area contributed by atoms with Gasteiger partial charge >= 0.3 is 12.1 Å². The number of anilines is 1. The van der Waals surface area contributed by atoms with Crippen molar-refractivity contribution in [2.45, 2.75) is 39.7 Å². The van der Waals surface area contributed by atoms with Gasteiger partial charge in [0.25, 0.3) is 0 Å². The van der Waals surface area contributed by atoms with Crippen LogP contribution in [0.1, 0.15) is 55.6 Å². The van der Waals surface area contributed by atoms with Crippen LogP contribution in [0.2, 0.25) is 0 Å². The maximum Gasteiger partial charge on any atom is 0.412 e. The average Bonchev–Trinajstić information content (AvgIpc) is 2.72. The number of nitrogens with one attached hydrogen (secondary N) is 1. The van der Waals surface area contributed by atoms with Crippen molar-refractivity contribution in [3.63, 3.8) is 0 Å². The van der Waals surface area contributed by atoms with Gasteiger partial charge in [-0.3, -0.25) is 10.1 Å². The van der Waals surface area contributed by atoms with Crippen molar-refractivity contribution < 1.29 is 29.3 Å². The van der Waals surface area contributed by atoms with Gasteiger partial charge < -0.3 is 14.9 Å². The summed E-state index contributed by atoms with van der Waals surface area (Å²) in [4.78, 5) is 35.0. The molecule has 0 bridgehead atoms. The van der Waals surface area contributed by atoms with Crippen LogP contribution in [-0.4, -0.2) is 28.1 Å². The normalized spacial score (nSPS) is 12.4. The Morgan fingerprint density at radius 2 is 1.79 bits per heavy atom. The molecule has 0 aromatic heterocycles. The number of allylic oxidation sites excluding steroid dienone is 1. The zero-order valence-electron chi connectivity index (χ0n) is 18.4. The van der Waals surface area contributed by atoms with Crippen LogP contribution in [0.25, 0.3) is 0 Å². The van der Waals surface area contributed by atoms with Gasteiger partial charge in [-0.25, -0.2) is 9.59 Å². The van der Waals surface area contributed by atoms with E-state index in [0.29, 0.717) is 38.6 Å². The first-order chi connectivity index (χ1) is 15.4. The Labute approximate surface area is 209 Å². The fourth-order valence-corrected chi connectivity index (χ4v) is 4.50. The summed E-state index contributed by atoms with van der Waals surface area (Å²) in [6.07, 6.45) is 1.92. The number of benzene rings is 2. The number of carbonyl (C=O) groups excluding carboxylic acids is 2. The number of aliphatic carboxylic acids is 1. The van der Waals surface area contributed by atoms with E-state index in [4.69, 9.17) is 9.84 Å². The van der Waals surface area contributed by atoms with Gasteiger partial charge in [0.15, 0.2) is 5.78 Å². The molecule has 0 aliphatic carbocycles. The molecule has 176 valence electrons. The van der Waals surface area contributed by atoms with E-state index in [9.17, 15) is 19.5 Å². The number of carboxylic acids is 1. The van der Waals surface area contributed by atoms with E-state index < -0.39 is 23.6 Å². The molecule has 2 rings (SSSR count). The van der Waals surface area contributed by atoms with E-state index >= 15 is 0 Å². The van der Waals surface area contributed by atoms with E-state index in [-0.39, 0.29) is 11.5 Å². The summed E-state index contributed by atoms with van der Waals surface area (Å²) < 4.78 is 6.90. The van der Waals surface area contributed by atoms with Crippen LogP contribution >= 0.6 is 31.9 Å². The molecule has 0 unspecified atom stereocenters. The van der Waals surface area contributed by atoms with Gasteiger partial charge in [0.2, 0.25) is 0 Å². The molecule has 33 heavy (non-hydrogen) atoms. The minimum Gasteiger partial charge on any atom is -0.506 e. The molecule has 0 radical (unpaired) electrons. The number of aromatic hydroxyl groups is 1. The predicted molar refractivity (Wildman–Crippen MR) is 133 cm³/mol. The highest BCUT2D eigenvalue weighted by Gasteiger charge is 2.36. The lowest BCUT2D eigenvalue weighted by Crippen LogP contribution is -2.29. The first-order valence-corrected chi connectivity index (χ1v) is 11.7. The lowest BCUT2D eigenvalue weighted by Gasteiger charge is -2.34. The highest BCUT2D eigenvalue weighted by atomic mass is 79.9. The third-order valence-electron chi connectivity index (χ3n) is 5.03.